The van der Waals surface area contributed by atoms with E-state index in [1.54, 1.807) is 0 Å². The Labute approximate surface area is 593 Å². The number of rotatable bonds is 13. The number of alkyl halides is 1. The first-order valence-electron chi connectivity index (χ1n) is 29.3. The first kappa shape index (κ1) is 82.4. The molecule has 88 heavy (non-hydrogen) atoms. The van der Waals surface area contributed by atoms with Crippen LogP contribution in [0.15, 0.2) is 91.0 Å². The van der Waals surface area contributed by atoms with E-state index < -0.39 is 35.3 Å². The summed E-state index contributed by atoms with van der Waals surface area (Å²) < 4.78 is 71.7. The maximum atomic E-state index is 12.1. The maximum absolute atomic E-state index is 12.1. The minimum Gasteiger partial charge on any atom is -0.445 e. The standard InChI is InChI=1S/C17H23NO4S.C17H23NO2S.C16H21NO2S.C9H17NO2S.CH3I.CH3O.CH4.BHO3.2Na/c1-23(20,21)17-10-7-16(8-11-17,9-12-17)18-15(19)22-13-14-5-3-2-4-6-14;1-21-17-10-7-16(8-11-17,9-12-17)18-15(19)20-13-14-5-3-2-4-6-14;18-14(19-12-13-4-2-1-3-5-13)17-15-6-9-16(20,10-7-15)11-8-15;1-13(11,12)9-5-2-8(10,3-6-9)4-7-9;2*1-2;;2-1-4-3;;/h2-6H,7-13H2,1H3,(H,18,19);2-6H,7-13H2,1H3,(H,18,19);1-5,20H,6-12H2,(H,17,18);2-7,10H2,1H3;2*1H3;1H4;3H;;/q;;;;;-1;;;2*+1/p-1. The number of thioether (sulfide) groups is 1. The number of nitrogens with one attached hydrogen (secondary N) is 3. The summed E-state index contributed by atoms with van der Waals surface area (Å²) in [4.78, 5) is 40.7. The smallest absolute Gasteiger partial charge is 0.445 e. The van der Waals surface area contributed by atoms with Crippen molar-refractivity contribution in [3.05, 3.63) is 108 Å². The summed E-state index contributed by atoms with van der Waals surface area (Å²) in [6, 6.07) is 29.1. The number of hydrogen-bond acceptors (Lipinski definition) is 17. The molecule has 0 heterocycles. The van der Waals surface area contributed by atoms with Crippen LogP contribution in [0.3, 0.4) is 0 Å². The molecule has 0 atom stereocenters. The zero-order chi connectivity index (χ0) is 62.5. The van der Waals surface area contributed by atoms with Crippen molar-refractivity contribution in [1.29, 1.82) is 0 Å². The Hall–Kier alpha value is -1.66. The van der Waals surface area contributed by atoms with Gasteiger partial charge in [-0.1, -0.05) is 121 Å². The predicted octanol–water partition coefficient (Wildman–Crippen LogP) is 4.36. The summed E-state index contributed by atoms with van der Waals surface area (Å²) in [5.74, 6) is 0. The van der Waals surface area contributed by atoms with Crippen molar-refractivity contribution in [1.82, 2.24) is 16.0 Å². The van der Waals surface area contributed by atoms with Crippen molar-refractivity contribution in [3.8, 4) is 0 Å². The molecule has 3 aromatic rings. The van der Waals surface area contributed by atoms with E-state index >= 15 is 0 Å². The number of ether oxygens (including phenoxy) is 3. The third-order valence-electron chi connectivity index (χ3n) is 19.6. The number of fused-ring (bicyclic) bond motifs is 12. The second-order valence-corrected chi connectivity index (χ2v) is 31.5. The van der Waals surface area contributed by atoms with Gasteiger partial charge in [-0.3, -0.25) is 0 Å². The van der Waals surface area contributed by atoms with Crippen LogP contribution in [0, 0.1) is 0 Å². The number of hydrogen-bond donors (Lipinski definition) is 5. The van der Waals surface area contributed by atoms with E-state index in [0.717, 1.165) is 120 Å². The molecule has 482 valence electrons. The third-order valence-corrected chi connectivity index (χ3v) is 26.1. The van der Waals surface area contributed by atoms with Gasteiger partial charge in [0.25, 0.3) is 0 Å². The number of benzene rings is 3. The molecule has 0 aromatic heterocycles. The normalized spacial score (nSPS) is 29.4. The van der Waals surface area contributed by atoms with Crippen LogP contribution in [0.25, 0.3) is 0 Å². The fourth-order valence-electron chi connectivity index (χ4n) is 13.6. The zero-order valence-corrected chi connectivity index (χ0v) is 61.7. The summed E-state index contributed by atoms with van der Waals surface area (Å²) >= 11 is 8.92. The molecule has 3 aromatic carbocycles. The van der Waals surface area contributed by atoms with Crippen LogP contribution in [0.5, 0.6) is 0 Å². The second-order valence-electron chi connectivity index (χ2n) is 24.5. The van der Waals surface area contributed by atoms with Crippen molar-refractivity contribution >= 4 is 92.3 Å². The minimum atomic E-state index is -3.05. The van der Waals surface area contributed by atoms with E-state index in [4.69, 9.17) is 47.6 Å². The number of carbonyl (C=O) groups is 3. The molecule has 26 heteroatoms. The van der Waals surface area contributed by atoms with Gasteiger partial charge in [0, 0.05) is 44.2 Å². The Balaban J connectivity index is 0.000000385. The Morgan fingerprint density at radius 3 is 1.00 bits per heavy atom. The van der Waals surface area contributed by atoms with Gasteiger partial charge in [-0.25, -0.2) is 31.2 Å². The molecule has 0 radical (unpaired) electrons. The van der Waals surface area contributed by atoms with Gasteiger partial charge in [-0.05, 0) is 182 Å². The number of halogens is 1. The molecule has 0 unspecified atom stereocenters. The molecule has 12 aliphatic rings. The van der Waals surface area contributed by atoms with Crippen LogP contribution in [0.2, 0.25) is 0 Å². The van der Waals surface area contributed by atoms with Gasteiger partial charge in [-0.2, -0.15) is 31.5 Å². The molecule has 15 rings (SSSR count). The van der Waals surface area contributed by atoms with Gasteiger partial charge >= 0.3 is 99.5 Å². The van der Waals surface area contributed by atoms with Gasteiger partial charge in [0.05, 0.1) is 9.49 Å². The summed E-state index contributed by atoms with van der Waals surface area (Å²) in [5, 5.41) is 26.0. The largest absolute Gasteiger partial charge is 1.00 e. The SMILES string of the molecule is C.CI.CS(=O)(=O)C12CCC(N)(CC1)CC2.CS(=O)(=O)C12CCC(NC(=O)OCc3ccccc3)(CC1)CC2.CSC12CCC(NC(=O)OCc3ccccc3)(CC1)CC2.C[O-].O=BO[O-].O=C(NC12CCC(S)(CC1)CC2)OCc1ccccc1.[Na+].[Na+]. The van der Waals surface area contributed by atoms with Crippen LogP contribution < -0.4 is 91.2 Å². The molecule has 0 aliphatic heterocycles. The van der Waals surface area contributed by atoms with Crippen LogP contribution in [0.4, 0.5) is 14.4 Å². The van der Waals surface area contributed by atoms with E-state index in [-0.39, 0.29) is 120 Å². The van der Waals surface area contributed by atoms with Gasteiger partial charge in [0.1, 0.15) is 19.8 Å². The van der Waals surface area contributed by atoms with Gasteiger partial charge in [0.15, 0.2) is 19.7 Å². The Kier molecular flexibility index (Phi) is 35.1. The molecular formula is C62H94BIN4Na2O14S4. The van der Waals surface area contributed by atoms with Crippen molar-refractivity contribution in [2.75, 3.05) is 30.8 Å². The van der Waals surface area contributed by atoms with Crippen LogP contribution >= 0.6 is 47.0 Å². The number of thiol groups is 1. The van der Waals surface area contributed by atoms with Gasteiger partial charge in [-0.15, -0.1) is 0 Å². The quantitative estimate of drug-likeness (QED) is 0.0302. The molecule has 12 aliphatic carbocycles. The van der Waals surface area contributed by atoms with Gasteiger partial charge in [0.2, 0.25) is 0 Å². The van der Waals surface area contributed by atoms with E-state index in [1.165, 1.54) is 31.8 Å². The van der Waals surface area contributed by atoms with Crippen molar-refractivity contribution in [2.24, 2.45) is 5.73 Å². The average molecular weight is 1430 g/mol. The minimum absolute atomic E-state index is 0. The molecule has 5 N–H and O–H groups in total. The van der Waals surface area contributed by atoms with Crippen LogP contribution in [-0.4, -0.2) is 114 Å². The fourth-order valence-corrected chi connectivity index (χ4v) is 17.6. The van der Waals surface area contributed by atoms with E-state index in [2.05, 4.69) is 49.6 Å². The molecule has 0 spiro atoms. The molecule has 12 fully saturated rings. The van der Waals surface area contributed by atoms with E-state index in [9.17, 15) is 31.2 Å². The number of carbonyl (C=O) groups excluding carboxylic acids is 3. The summed E-state index contributed by atoms with van der Waals surface area (Å²) in [6.07, 6.45) is 26.3. The summed E-state index contributed by atoms with van der Waals surface area (Å²) in [7, 11) is -5.36. The Morgan fingerprint density at radius 1 is 0.523 bits per heavy atom. The number of amides is 3. The maximum Gasteiger partial charge on any atom is 1.00 e. The van der Waals surface area contributed by atoms with Gasteiger partial charge < -0.3 is 41.0 Å². The van der Waals surface area contributed by atoms with Crippen molar-refractivity contribution in [2.45, 2.75) is 222 Å². The molecule has 12 saturated carbocycles. The van der Waals surface area contributed by atoms with Crippen molar-refractivity contribution in [3.63, 3.8) is 0 Å². The van der Waals surface area contributed by atoms with Crippen LogP contribution in [0.1, 0.15) is 178 Å². The zero-order valence-electron chi connectivity index (χ0n) is 52.2. The average Bonchev–Trinajstić information content (AvgIpc) is 0.796. The Morgan fingerprint density at radius 2 is 0.761 bits per heavy atom. The number of nitrogens with two attached hydrogens (primary N) is 1. The molecule has 0 saturated heterocycles. The topological polar surface area (TPSA) is 282 Å². The van der Waals surface area contributed by atoms with E-state index in [0.29, 0.717) is 56.5 Å². The molecule has 18 nitrogen and oxygen atoms in total. The number of alkyl carbamates (subject to hydrolysis) is 3. The molecule has 8 bridgehead atoms. The summed E-state index contributed by atoms with van der Waals surface area (Å²) in [5.41, 5.74) is 8.71. The molecular weight excluding hydrogens is 1340 g/mol. The first-order chi connectivity index (χ1) is 40.4. The second kappa shape index (κ2) is 37.4. The number of sulfone groups is 2. The first-order valence-corrected chi connectivity index (χ1v) is 36.9. The van der Waals surface area contributed by atoms with Crippen LogP contribution in [-0.2, 0) is 63.2 Å². The fraction of sp³-hybridized carbons (Fsp3) is 0.661. The molecule has 3 amide bonds. The third kappa shape index (κ3) is 23.4. The Bertz CT molecular complexity index is 2740. The van der Waals surface area contributed by atoms with E-state index in [1.807, 2.05) is 108 Å². The van der Waals surface area contributed by atoms with Crippen molar-refractivity contribution < 1.29 is 124 Å². The predicted molar refractivity (Wildman–Crippen MR) is 348 cm³/mol. The summed E-state index contributed by atoms with van der Waals surface area (Å²) in [6.45, 7) is 0.923. The monoisotopic (exact) mass is 1430 g/mol.